The van der Waals surface area contributed by atoms with Gasteiger partial charge in [-0.2, -0.15) is 0 Å². The number of nitrogens with one attached hydrogen (secondary N) is 1. The summed E-state index contributed by atoms with van der Waals surface area (Å²) in [4.78, 5) is 40.8. The van der Waals surface area contributed by atoms with E-state index in [1.807, 2.05) is 18.7 Å². The molecule has 11 heteroatoms. The van der Waals surface area contributed by atoms with Crippen LogP contribution in [0.25, 0.3) is 0 Å². The summed E-state index contributed by atoms with van der Waals surface area (Å²) in [5.74, 6) is 0.812. The molecule has 57 heavy (non-hydrogen) atoms. The lowest BCUT2D eigenvalue weighted by molar-refractivity contribution is -0.250. The molecule has 0 aromatic rings. The molecule has 0 aromatic heterocycles. The highest BCUT2D eigenvalue weighted by atomic mass is 32.2. The predicted molar refractivity (Wildman–Crippen MR) is 219 cm³/mol. The van der Waals surface area contributed by atoms with E-state index in [0.717, 1.165) is 32.1 Å². The van der Waals surface area contributed by atoms with Crippen molar-refractivity contribution in [2.75, 3.05) is 38.2 Å². The maximum absolute atomic E-state index is 13.7. The number of hydrogen-bond donors (Lipinski definition) is 2. The number of carboxylic acids is 1. The fraction of sp³-hybridized carbons (Fsp3) is 0.935. The molecule has 0 radical (unpaired) electrons. The number of nitrogens with zero attached hydrogens (tertiary/aromatic N) is 1. The molecule has 1 aliphatic heterocycles. The first kappa shape index (κ1) is 42.0. The van der Waals surface area contributed by atoms with Crippen molar-refractivity contribution in [3.05, 3.63) is 0 Å². The molecular formula is C46H74N2O8S. The molecule has 0 bridgehead atoms. The van der Waals surface area contributed by atoms with Gasteiger partial charge in [-0.05, 0) is 140 Å². The highest BCUT2D eigenvalue weighted by molar-refractivity contribution is 7.91. The van der Waals surface area contributed by atoms with Crippen LogP contribution in [0.15, 0.2) is 0 Å². The molecule has 7 aliphatic carbocycles. The van der Waals surface area contributed by atoms with Crippen molar-refractivity contribution in [1.82, 2.24) is 10.2 Å². The van der Waals surface area contributed by atoms with Crippen LogP contribution < -0.4 is 5.32 Å². The van der Waals surface area contributed by atoms with Gasteiger partial charge < -0.3 is 19.9 Å². The average molecular weight is 815 g/mol. The van der Waals surface area contributed by atoms with Crippen molar-refractivity contribution in [2.45, 2.75) is 157 Å². The summed E-state index contributed by atoms with van der Waals surface area (Å²) in [6.45, 7) is 20.2. The van der Waals surface area contributed by atoms with Gasteiger partial charge >= 0.3 is 17.9 Å². The molecular weight excluding hydrogens is 741 g/mol. The van der Waals surface area contributed by atoms with E-state index in [1.165, 1.54) is 52.1 Å². The van der Waals surface area contributed by atoms with Crippen molar-refractivity contribution in [3.63, 3.8) is 0 Å². The minimum absolute atomic E-state index is 0.0394. The first-order valence-electron chi connectivity index (χ1n) is 22.7. The Kier molecular flexibility index (Phi) is 10.0. The van der Waals surface area contributed by atoms with Gasteiger partial charge in [0.05, 0.1) is 30.5 Å². The Morgan fingerprint density at radius 1 is 0.754 bits per heavy atom. The number of hydrogen-bond acceptors (Lipinski definition) is 9. The zero-order valence-corrected chi connectivity index (χ0v) is 37.4. The van der Waals surface area contributed by atoms with Crippen LogP contribution >= 0.6 is 0 Å². The maximum atomic E-state index is 13.7. The van der Waals surface area contributed by atoms with Crippen molar-refractivity contribution in [2.24, 2.45) is 73.9 Å². The third-order valence-corrected chi connectivity index (χ3v) is 22.0. The van der Waals surface area contributed by atoms with Crippen LogP contribution in [-0.4, -0.2) is 92.3 Å². The fourth-order valence-electron chi connectivity index (χ4n) is 16.2. The number of carboxylic acid groups (broad SMARTS) is 1. The Morgan fingerprint density at radius 3 is 2.05 bits per heavy atom. The molecule has 0 spiro atoms. The van der Waals surface area contributed by atoms with Gasteiger partial charge in [0.1, 0.15) is 12.1 Å². The lowest BCUT2D eigenvalue weighted by Crippen LogP contribution is -2.69. The Morgan fingerprint density at radius 2 is 1.44 bits per heavy atom. The van der Waals surface area contributed by atoms with Crippen LogP contribution in [0.5, 0.6) is 0 Å². The minimum Gasteiger partial charge on any atom is -0.481 e. The van der Waals surface area contributed by atoms with E-state index in [4.69, 9.17) is 9.47 Å². The van der Waals surface area contributed by atoms with E-state index in [2.05, 4.69) is 46.9 Å². The molecule has 8 aliphatic rings. The van der Waals surface area contributed by atoms with Gasteiger partial charge in [-0.15, -0.1) is 0 Å². The van der Waals surface area contributed by atoms with Gasteiger partial charge in [0.2, 0.25) is 0 Å². The second-order valence-corrected chi connectivity index (χ2v) is 25.3. The summed E-state index contributed by atoms with van der Waals surface area (Å²) < 4.78 is 36.4. The quantitative estimate of drug-likeness (QED) is 0.231. The summed E-state index contributed by atoms with van der Waals surface area (Å²) in [5, 5.41) is 13.8. The third kappa shape index (κ3) is 6.23. The van der Waals surface area contributed by atoms with Crippen LogP contribution in [0.4, 0.5) is 0 Å². The van der Waals surface area contributed by atoms with Crippen LogP contribution in [0.3, 0.4) is 0 Å². The standard InChI is InChI=1S/C46H74N2O8S/c1-40(2)30(37(49)50)26-31(40)38(51)56-35-14-15-43(6)33(41(35,3)4)13-16-45(8)34(43)11-10-29-36-28(42(5)18-19-42)12-17-46(36,21-20-44(29,45)7)47-27-32(39(52)55-9)48-22-24-57(53,54)25-23-48/h28-36,47H,10-27H2,1-9H3,(H,49,50)/t28-,29-,30+,31-,32?,33+,34-,35+,36-,43+,44-,45-,46+/m1/s1. The molecule has 2 N–H and O–H groups in total. The van der Waals surface area contributed by atoms with Crippen LogP contribution in [0.1, 0.15) is 139 Å². The monoisotopic (exact) mass is 815 g/mol. The highest BCUT2D eigenvalue weighted by Crippen LogP contribution is 2.78. The highest BCUT2D eigenvalue weighted by Gasteiger charge is 2.72. The summed E-state index contributed by atoms with van der Waals surface area (Å²) in [6, 6.07) is -0.493. The molecule has 1 saturated heterocycles. The van der Waals surface area contributed by atoms with E-state index in [9.17, 15) is 27.9 Å². The molecule has 0 amide bonds. The molecule has 0 aromatic carbocycles. The number of aliphatic carboxylic acids is 1. The largest absolute Gasteiger partial charge is 0.481 e. The van der Waals surface area contributed by atoms with Gasteiger partial charge in [0, 0.05) is 30.6 Å². The SMILES string of the molecule is COC(=O)C(CN[C@]12CC[C@@H](C3(C)CC3)[C@@H]1[C@H]1CC[C@@H]3[C@@]4(C)CC[C@H](OC(=O)[C@H]5C[C@@H](C(=O)O)C5(C)C)C(C)(C)[C@@H]4CC[C@@]3(C)[C@]1(C)CC2)N1CCS(=O)(=O)CC1. The van der Waals surface area contributed by atoms with Crippen molar-refractivity contribution < 1.29 is 37.4 Å². The van der Waals surface area contributed by atoms with E-state index in [-0.39, 0.29) is 62.7 Å². The minimum atomic E-state index is -3.07. The molecule has 1 unspecified atom stereocenters. The van der Waals surface area contributed by atoms with E-state index in [0.29, 0.717) is 61.1 Å². The van der Waals surface area contributed by atoms with E-state index in [1.54, 1.807) is 0 Å². The van der Waals surface area contributed by atoms with Crippen LogP contribution in [0.2, 0.25) is 0 Å². The number of methoxy groups -OCH3 is 1. The number of sulfone groups is 1. The molecule has 10 nitrogen and oxygen atoms in total. The van der Waals surface area contributed by atoms with Gasteiger partial charge in [-0.25, -0.2) is 8.42 Å². The Balaban J connectivity index is 1.03. The summed E-state index contributed by atoms with van der Waals surface area (Å²) in [7, 11) is -1.62. The lowest BCUT2D eigenvalue weighted by atomic mass is 9.32. The second kappa shape index (κ2) is 13.6. The predicted octanol–water partition coefficient (Wildman–Crippen LogP) is 7.14. The summed E-state index contributed by atoms with van der Waals surface area (Å²) in [6.07, 6.45) is 14.1. The summed E-state index contributed by atoms with van der Waals surface area (Å²) in [5.41, 5.74) is 0.0701. The Labute approximate surface area is 343 Å². The molecule has 13 atom stereocenters. The van der Waals surface area contributed by atoms with Crippen LogP contribution in [0, 0.1) is 73.9 Å². The molecule has 322 valence electrons. The number of esters is 2. The Hall–Kier alpha value is -1.72. The second-order valence-electron chi connectivity index (χ2n) is 23.0. The van der Waals surface area contributed by atoms with Gasteiger partial charge in [0.25, 0.3) is 0 Å². The van der Waals surface area contributed by atoms with Crippen molar-refractivity contribution in [3.8, 4) is 0 Å². The van der Waals surface area contributed by atoms with E-state index >= 15 is 0 Å². The van der Waals surface area contributed by atoms with Gasteiger partial charge in [-0.3, -0.25) is 19.3 Å². The first-order valence-corrected chi connectivity index (χ1v) is 24.5. The normalized spacial score (nSPS) is 46.8. The molecule has 8 fully saturated rings. The van der Waals surface area contributed by atoms with Gasteiger partial charge in [0.15, 0.2) is 9.84 Å². The zero-order chi connectivity index (χ0) is 41.4. The fourth-order valence-corrected chi connectivity index (χ4v) is 17.5. The number of fused-ring (bicyclic) bond motifs is 7. The topological polar surface area (TPSA) is 139 Å². The lowest BCUT2D eigenvalue weighted by Gasteiger charge is -2.73. The smallest absolute Gasteiger partial charge is 0.324 e. The third-order valence-electron chi connectivity index (χ3n) is 20.4. The number of carbonyl (C=O) groups excluding carboxylic acids is 2. The van der Waals surface area contributed by atoms with Gasteiger partial charge in [-0.1, -0.05) is 55.4 Å². The van der Waals surface area contributed by atoms with Crippen LogP contribution in [-0.2, 0) is 33.7 Å². The maximum Gasteiger partial charge on any atom is 0.324 e. The van der Waals surface area contributed by atoms with Crippen molar-refractivity contribution in [1.29, 1.82) is 0 Å². The first-order chi connectivity index (χ1) is 26.5. The number of ether oxygens (including phenoxy) is 2. The van der Waals surface area contributed by atoms with Crippen molar-refractivity contribution >= 4 is 27.7 Å². The van der Waals surface area contributed by atoms with E-state index < -0.39 is 33.2 Å². The summed E-state index contributed by atoms with van der Waals surface area (Å²) >= 11 is 0. The molecule has 8 rings (SSSR count). The molecule has 7 saturated carbocycles. The number of carbonyl (C=O) groups is 3. The zero-order valence-electron chi connectivity index (χ0n) is 36.6. The molecule has 1 heterocycles. The Bertz CT molecular complexity index is 1740. The number of rotatable bonds is 9. The average Bonchev–Trinajstić information content (AvgIpc) is 3.75.